The van der Waals surface area contributed by atoms with Crippen molar-refractivity contribution in [1.82, 2.24) is 25.3 Å². The molecule has 6 heteroatoms. The summed E-state index contributed by atoms with van der Waals surface area (Å²) in [6.07, 6.45) is 14.4. The maximum absolute atomic E-state index is 12.3. The van der Waals surface area contributed by atoms with Gasteiger partial charge in [0.15, 0.2) is 0 Å². The van der Waals surface area contributed by atoms with E-state index in [1.165, 1.54) is 0 Å². The maximum atomic E-state index is 12.3. The molecule has 1 aromatic carbocycles. The Bertz CT molecular complexity index is 844. The number of nitrogens with zero attached hydrogens (tertiary/aromatic N) is 3. The van der Waals surface area contributed by atoms with Gasteiger partial charge in [-0.1, -0.05) is 5.92 Å². The van der Waals surface area contributed by atoms with E-state index in [-0.39, 0.29) is 5.91 Å². The summed E-state index contributed by atoms with van der Waals surface area (Å²) in [4.78, 5) is 12.3. The number of terminal acetylenes is 1. The zero-order chi connectivity index (χ0) is 16.8. The summed E-state index contributed by atoms with van der Waals surface area (Å²) in [5.74, 6) is 2.48. The van der Waals surface area contributed by atoms with E-state index < -0.39 is 0 Å². The van der Waals surface area contributed by atoms with Crippen molar-refractivity contribution in [3.8, 4) is 18.0 Å². The maximum Gasteiger partial charge on any atom is 0.251 e. The van der Waals surface area contributed by atoms with Crippen LogP contribution in [0.2, 0.25) is 0 Å². The van der Waals surface area contributed by atoms with Crippen molar-refractivity contribution in [3.63, 3.8) is 0 Å². The van der Waals surface area contributed by atoms with Gasteiger partial charge in [-0.15, -0.1) is 6.42 Å². The number of nitrogens with one attached hydrogen (secondary N) is 2. The SMILES string of the molecule is C#Cc1cc(C(=O)NCCCc2cn[nH]c2)ccc1-n1cccn1. The van der Waals surface area contributed by atoms with Gasteiger partial charge in [0.2, 0.25) is 0 Å². The van der Waals surface area contributed by atoms with Crippen LogP contribution >= 0.6 is 0 Å². The number of hydrogen-bond donors (Lipinski definition) is 2. The Hall–Kier alpha value is -3.33. The Morgan fingerprint density at radius 2 is 2.33 bits per heavy atom. The molecule has 0 saturated carbocycles. The van der Waals surface area contributed by atoms with E-state index in [9.17, 15) is 4.79 Å². The lowest BCUT2D eigenvalue weighted by Crippen LogP contribution is -2.25. The molecule has 0 bridgehead atoms. The fourth-order valence-corrected chi connectivity index (χ4v) is 2.41. The minimum atomic E-state index is -0.134. The molecular formula is C18H17N5O. The van der Waals surface area contributed by atoms with Crippen LogP contribution in [0.3, 0.4) is 0 Å². The average molecular weight is 319 g/mol. The van der Waals surface area contributed by atoms with Crippen LogP contribution in [0.4, 0.5) is 0 Å². The molecule has 1 amide bonds. The Morgan fingerprint density at radius 3 is 3.04 bits per heavy atom. The van der Waals surface area contributed by atoms with Gasteiger partial charge in [-0.25, -0.2) is 4.68 Å². The van der Waals surface area contributed by atoms with E-state index in [1.54, 1.807) is 29.2 Å². The van der Waals surface area contributed by atoms with Crippen LogP contribution in [0.1, 0.15) is 27.9 Å². The molecule has 0 atom stereocenters. The van der Waals surface area contributed by atoms with Gasteiger partial charge < -0.3 is 5.32 Å². The molecule has 2 heterocycles. The summed E-state index contributed by atoms with van der Waals surface area (Å²) >= 11 is 0. The number of H-pyrrole nitrogens is 1. The van der Waals surface area contributed by atoms with E-state index in [1.807, 2.05) is 24.5 Å². The second-order valence-corrected chi connectivity index (χ2v) is 5.29. The molecule has 0 aliphatic carbocycles. The molecule has 120 valence electrons. The van der Waals surface area contributed by atoms with Gasteiger partial charge in [-0.05, 0) is 42.7 Å². The molecule has 0 spiro atoms. The number of aromatic amines is 1. The minimum absolute atomic E-state index is 0.134. The van der Waals surface area contributed by atoms with Crippen LogP contribution in [-0.2, 0) is 6.42 Å². The standard InChI is InChI=1S/C18H17N5O/c1-2-15-11-16(6-7-17(15)23-10-4-9-22-23)18(24)19-8-3-5-14-12-20-21-13-14/h1,4,6-7,9-13H,3,5,8H2,(H,19,24)(H,20,21). The Balaban J connectivity index is 1.62. The molecule has 0 saturated heterocycles. The fraction of sp³-hybridized carbons (Fsp3) is 0.167. The van der Waals surface area contributed by atoms with Gasteiger partial charge in [0, 0.05) is 30.7 Å². The van der Waals surface area contributed by atoms with Gasteiger partial charge in [0.1, 0.15) is 0 Å². The summed E-state index contributed by atoms with van der Waals surface area (Å²) in [6, 6.07) is 7.09. The highest BCUT2D eigenvalue weighted by molar-refractivity contribution is 5.94. The second-order valence-electron chi connectivity index (χ2n) is 5.29. The number of hydrogen-bond acceptors (Lipinski definition) is 3. The average Bonchev–Trinajstić information content (AvgIpc) is 3.31. The van der Waals surface area contributed by atoms with Crippen LogP contribution < -0.4 is 5.32 Å². The zero-order valence-corrected chi connectivity index (χ0v) is 13.1. The van der Waals surface area contributed by atoms with E-state index in [0.717, 1.165) is 24.1 Å². The highest BCUT2D eigenvalue weighted by Crippen LogP contribution is 2.15. The van der Waals surface area contributed by atoms with E-state index in [0.29, 0.717) is 17.7 Å². The van der Waals surface area contributed by atoms with Crippen LogP contribution in [-0.4, -0.2) is 32.4 Å². The third-order valence-corrected chi connectivity index (χ3v) is 3.65. The third kappa shape index (κ3) is 3.52. The molecule has 24 heavy (non-hydrogen) atoms. The molecule has 0 fully saturated rings. The van der Waals surface area contributed by atoms with Crippen molar-refractivity contribution in [3.05, 3.63) is 65.7 Å². The van der Waals surface area contributed by atoms with Crippen LogP contribution in [0.5, 0.6) is 0 Å². The van der Waals surface area contributed by atoms with Crippen molar-refractivity contribution in [1.29, 1.82) is 0 Å². The normalized spacial score (nSPS) is 10.3. The predicted molar refractivity (Wildman–Crippen MR) is 90.7 cm³/mol. The molecule has 2 aromatic heterocycles. The largest absolute Gasteiger partial charge is 0.352 e. The summed E-state index contributed by atoms with van der Waals surface area (Å²) in [5, 5.41) is 13.7. The molecule has 0 aliphatic rings. The van der Waals surface area contributed by atoms with Crippen molar-refractivity contribution in [2.24, 2.45) is 0 Å². The number of carbonyl (C=O) groups is 1. The highest BCUT2D eigenvalue weighted by Gasteiger charge is 2.10. The van der Waals surface area contributed by atoms with E-state index in [2.05, 4.69) is 26.5 Å². The van der Waals surface area contributed by atoms with Crippen molar-refractivity contribution in [2.45, 2.75) is 12.8 Å². The lowest BCUT2D eigenvalue weighted by Gasteiger charge is -2.09. The minimum Gasteiger partial charge on any atom is -0.352 e. The first kappa shape index (κ1) is 15.6. The van der Waals surface area contributed by atoms with Gasteiger partial charge in [-0.2, -0.15) is 10.2 Å². The summed E-state index contributed by atoms with van der Waals surface area (Å²) in [6.45, 7) is 0.594. The first-order valence-electron chi connectivity index (χ1n) is 7.64. The van der Waals surface area contributed by atoms with Crippen LogP contribution in [0, 0.1) is 12.3 Å². The molecule has 3 aromatic rings. The summed E-state index contributed by atoms with van der Waals surface area (Å²) in [5.41, 5.74) is 3.08. The first-order chi connectivity index (χ1) is 11.8. The number of aromatic nitrogens is 4. The van der Waals surface area contributed by atoms with Crippen molar-refractivity contribution < 1.29 is 4.79 Å². The van der Waals surface area contributed by atoms with Gasteiger partial charge in [-0.3, -0.25) is 9.89 Å². The van der Waals surface area contributed by atoms with Gasteiger partial charge in [0.05, 0.1) is 17.4 Å². The molecular weight excluding hydrogens is 302 g/mol. The fourth-order valence-electron chi connectivity index (χ4n) is 2.41. The third-order valence-electron chi connectivity index (χ3n) is 3.65. The molecule has 0 aliphatic heterocycles. The van der Waals surface area contributed by atoms with Crippen LogP contribution in [0.15, 0.2) is 49.1 Å². The molecule has 6 nitrogen and oxygen atoms in total. The van der Waals surface area contributed by atoms with Crippen LogP contribution in [0.25, 0.3) is 5.69 Å². The number of aryl methyl sites for hydroxylation is 1. The number of benzene rings is 1. The monoisotopic (exact) mass is 319 g/mol. The molecule has 0 unspecified atom stereocenters. The number of carbonyl (C=O) groups excluding carboxylic acids is 1. The Morgan fingerprint density at radius 1 is 1.42 bits per heavy atom. The predicted octanol–water partition coefficient (Wildman–Crippen LogP) is 1.94. The quantitative estimate of drug-likeness (QED) is 0.538. The lowest BCUT2D eigenvalue weighted by atomic mass is 10.1. The van der Waals surface area contributed by atoms with Crippen molar-refractivity contribution >= 4 is 5.91 Å². The zero-order valence-electron chi connectivity index (χ0n) is 13.1. The highest BCUT2D eigenvalue weighted by atomic mass is 16.1. The smallest absolute Gasteiger partial charge is 0.251 e. The van der Waals surface area contributed by atoms with E-state index in [4.69, 9.17) is 6.42 Å². The number of rotatable bonds is 6. The summed E-state index contributed by atoms with van der Waals surface area (Å²) in [7, 11) is 0. The van der Waals surface area contributed by atoms with Crippen molar-refractivity contribution in [2.75, 3.05) is 6.54 Å². The van der Waals surface area contributed by atoms with E-state index >= 15 is 0 Å². The molecule has 0 radical (unpaired) electrons. The number of amides is 1. The van der Waals surface area contributed by atoms with Gasteiger partial charge in [0.25, 0.3) is 5.91 Å². The Labute approximate surface area is 139 Å². The van der Waals surface area contributed by atoms with Gasteiger partial charge >= 0.3 is 0 Å². The summed E-state index contributed by atoms with van der Waals surface area (Å²) < 4.78 is 1.68. The second kappa shape index (κ2) is 7.29. The molecule has 3 rings (SSSR count). The topological polar surface area (TPSA) is 75.6 Å². The molecule has 2 N–H and O–H groups in total. The Kier molecular flexibility index (Phi) is 4.73. The first-order valence-corrected chi connectivity index (χ1v) is 7.64. The lowest BCUT2D eigenvalue weighted by molar-refractivity contribution is 0.0953.